The van der Waals surface area contributed by atoms with Gasteiger partial charge in [0.15, 0.2) is 0 Å². The fourth-order valence-corrected chi connectivity index (χ4v) is 3.13. The summed E-state index contributed by atoms with van der Waals surface area (Å²) in [5, 5.41) is 9.14. The van der Waals surface area contributed by atoms with E-state index in [1.807, 2.05) is 0 Å². The van der Waals surface area contributed by atoms with Crippen LogP contribution in [0.15, 0.2) is 0 Å². The molecule has 0 aliphatic heterocycles. The van der Waals surface area contributed by atoms with E-state index in [4.69, 9.17) is 5.11 Å². The fraction of sp³-hybridized carbons (Fsp3) is 1.00. The van der Waals surface area contributed by atoms with Crippen molar-refractivity contribution in [1.29, 1.82) is 0 Å². The van der Waals surface area contributed by atoms with Crippen molar-refractivity contribution in [3.63, 3.8) is 0 Å². The fourth-order valence-electron chi connectivity index (χ4n) is 3.13. The topological polar surface area (TPSA) is 20.2 Å². The molecule has 0 spiro atoms. The zero-order chi connectivity index (χ0) is 7.68. The SMILES string of the molecule is OCC1CCCC2CCCC12. The molecule has 2 saturated carbocycles. The first-order valence-electron chi connectivity index (χ1n) is 5.02. The quantitative estimate of drug-likeness (QED) is 0.614. The van der Waals surface area contributed by atoms with E-state index in [0.717, 1.165) is 11.8 Å². The maximum Gasteiger partial charge on any atom is 0.0462 e. The Labute approximate surface area is 68.8 Å². The third kappa shape index (κ3) is 1.31. The highest BCUT2D eigenvalue weighted by molar-refractivity contribution is 4.86. The van der Waals surface area contributed by atoms with Gasteiger partial charge in [-0.25, -0.2) is 0 Å². The molecule has 0 radical (unpaired) electrons. The number of aliphatic hydroxyl groups is 1. The lowest BCUT2D eigenvalue weighted by Crippen LogP contribution is -2.26. The molecule has 2 aliphatic carbocycles. The standard InChI is InChI=1S/C10H18O/c11-7-9-5-1-3-8-4-2-6-10(8)9/h8-11H,1-7H2. The van der Waals surface area contributed by atoms with Crippen LogP contribution in [0.4, 0.5) is 0 Å². The molecule has 0 aromatic rings. The zero-order valence-electron chi connectivity index (χ0n) is 7.13. The van der Waals surface area contributed by atoms with Gasteiger partial charge in [-0.2, -0.15) is 0 Å². The molecule has 3 unspecified atom stereocenters. The highest BCUT2D eigenvalue weighted by atomic mass is 16.3. The van der Waals surface area contributed by atoms with Crippen LogP contribution >= 0.6 is 0 Å². The maximum atomic E-state index is 9.14. The average molecular weight is 154 g/mol. The van der Waals surface area contributed by atoms with Crippen LogP contribution in [0.3, 0.4) is 0 Å². The van der Waals surface area contributed by atoms with Crippen LogP contribution in [0, 0.1) is 17.8 Å². The monoisotopic (exact) mass is 154 g/mol. The normalized spacial score (nSPS) is 43.9. The second-order valence-electron chi connectivity index (χ2n) is 4.23. The minimum atomic E-state index is 0.446. The molecular weight excluding hydrogens is 136 g/mol. The summed E-state index contributed by atoms with van der Waals surface area (Å²) in [5.74, 6) is 2.55. The summed E-state index contributed by atoms with van der Waals surface area (Å²) in [6.45, 7) is 0.446. The highest BCUT2D eigenvalue weighted by Gasteiger charge is 2.35. The maximum absolute atomic E-state index is 9.14. The molecule has 64 valence electrons. The van der Waals surface area contributed by atoms with Gasteiger partial charge in [-0.05, 0) is 30.6 Å². The second-order valence-corrected chi connectivity index (χ2v) is 4.23. The van der Waals surface area contributed by atoms with Crippen molar-refractivity contribution >= 4 is 0 Å². The molecule has 0 heterocycles. The molecule has 0 aromatic carbocycles. The van der Waals surface area contributed by atoms with E-state index in [9.17, 15) is 0 Å². The van der Waals surface area contributed by atoms with Crippen LogP contribution in [0.1, 0.15) is 38.5 Å². The van der Waals surface area contributed by atoms with Crippen molar-refractivity contribution in [1.82, 2.24) is 0 Å². The van der Waals surface area contributed by atoms with Gasteiger partial charge in [0, 0.05) is 6.61 Å². The van der Waals surface area contributed by atoms with Crippen molar-refractivity contribution in [3.8, 4) is 0 Å². The van der Waals surface area contributed by atoms with Crippen LogP contribution in [-0.2, 0) is 0 Å². The van der Waals surface area contributed by atoms with Gasteiger partial charge in [0.2, 0.25) is 0 Å². The van der Waals surface area contributed by atoms with Crippen molar-refractivity contribution < 1.29 is 5.11 Å². The Morgan fingerprint density at radius 3 is 2.45 bits per heavy atom. The Kier molecular flexibility index (Phi) is 2.17. The Morgan fingerprint density at radius 2 is 1.73 bits per heavy atom. The summed E-state index contributed by atoms with van der Waals surface area (Å²) in [7, 11) is 0. The summed E-state index contributed by atoms with van der Waals surface area (Å²) < 4.78 is 0. The molecule has 2 rings (SSSR count). The lowest BCUT2D eigenvalue weighted by atomic mass is 9.74. The lowest BCUT2D eigenvalue weighted by Gasteiger charge is -2.32. The molecule has 11 heavy (non-hydrogen) atoms. The number of hydrogen-bond donors (Lipinski definition) is 1. The first-order valence-corrected chi connectivity index (χ1v) is 5.02. The van der Waals surface area contributed by atoms with Gasteiger partial charge in [0.05, 0.1) is 0 Å². The Bertz CT molecular complexity index is 133. The predicted molar refractivity (Wildman–Crippen MR) is 45.3 cm³/mol. The molecule has 1 heteroatoms. The summed E-state index contributed by atoms with van der Waals surface area (Å²) in [6, 6.07) is 0. The van der Waals surface area contributed by atoms with Crippen molar-refractivity contribution in [2.75, 3.05) is 6.61 Å². The molecule has 3 atom stereocenters. The van der Waals surface area contributed by atoms with Crippen molar-refractivity contribution in [2.45, 2.75) is 38.5 Å². The Hall–Kier alpha value is -0.0400. The predicted octanol–water partition coefficient (Wildman–Crippen LogP) is 2.20. The van der Waals surface area contributed by atoms with Gasteiger partial charge < -0.3 is 5.11 Å². The van der Waals surface area contributed by atoms with Gasteiger partial charge in [-0.15, -0.1) is 0 Å². The largest absolute Gasteiger partial charge is 0.396 e. The Balaban J connectivity index is 2.00. The van der Waals surface area contributed by atoms with Crippen LogP contribution < -0.4 is 0 Å². The smallest absolute Gasteiger partial charge is 0.0462 e. The minimum Gasteiger partial charge on any atom is -0.396 e. The zero-order valence-corrected chi connectivity index (χ0v) is 7.13. The van der Waals surface area contributed by atoms with Crippen molar-refractivity contribution in [3.05, 3.63) is 0 Å². The number of fused-ring (bicyclic) bond motifs is 1. The molecule has 0 amide bonds. The molecule has 0 saturated heterocycles. The molecule has 0 aromatic heterocycles. The lowest BCUT2D eigenvalue weighted by molar-refractivity contribution is 0.108. The van der Waals surface area contributed by atoms with Gasteiger partial charge in [-0.1, -0.05) is 25.7 Å². The summed E-state index contributed by atoms with van der Waals surface area (Å²) in [6.07, 6.45) is 8.37. The first-order chi connectivity index (χ1) is 5.42. The molecule has 1 nitrogen and oxygen atoms in total. The van der Waals surface area contributed by atoms with Crippen LogP contribution in [0.25, 0.3) is 0 Å². The van der Waals surface area contributed by atoms with E-state index >= 15 is 0 Å². The number of aliphatic hydroxyl groups excluding tert-OH is 1. The summed E-state index contributed by atoms with van der Waals surface area (Å²) in [5.41, 5.74) is 0. The van der Waals surface area contributed by atoms with E-state index in [2.05, 4.69) is 0 Å². The van der Waals surface area contributed by atoms with E-state index < -0.39 is 0 Å². The molecule has 0 bridgehead atoms. The second kappa shape index (κ2) is 3.14. The average Bonchev–Trinajstić information content (AvgIpc) is 2.50. The van der Waals surface area contributed by atoms with E-state index in [-0.39, 0.29) is 0 Å². The highest BCUT2D eigenvalue weighted by Crippen LogP contribution is 2.44. The first kappa shape index (κ1) is 7.60. The molecule has 2 fully saturated rings. The number of hydrogen-bond acceptors (Lipinski definition) is 1. The van der Waals surface area contributed by atoms with Gasteiger partial charge >= 0.3 is 0 Å². The van der Waals surface area contributed by atoms with E-state index in [0.29, 0.717) is 12.5 Å². The molecular formula is C10H18O. The van der Waals surface area contributed by atoms with Crippen LogP contribution in [0.2, 0.25) is 0 Å². The van der Waals surface area contributed by atoms with E-state index in [1.165, 1.54) is 38.5 Å². The van der Waals surface area contributed by atoms with Crippen molar-refractivity contribution in [2.24, 2.45) is 17.8 Å². The van der Waals surface area contributed by atoms with Gasteiger partial charge in [0.25, 0.3) is 0 Å². The van der Waals surface area contributed by atoms with Gasteiger partial charge in [0.1, 0.15) is 0 Å². The van der Waals surface area contributed by atoms with E-state index in [1.54, 1.807) is 0 Å². The number of rotatable bonds is 1. The molecule has 1 N–H and O–H groups in total. The third-order valence-electron chi connectivity index (χ3n) is 3.71. The van der Waals surface area contributed by atoms with Gasteiger partial charge in [-0.3, -0.25) is 0 Å². The Morgan fingerprint density at radius 1 is 1.00 bits per heavy atom. The third-order valence-corrected chi connectivity index (χ3v) is 3.71. The summed E-state index contributed by atoms with van der Waals surface area (Å²) >= 11 is 0. The summed E-state index contributed by atoms with van der Waals surface area (Å²) in [4.78, 5) is 0. The molecule has 2 aliphatic rings. The van der Waals surface area contributed by atoms with Crippen LogP contribution in [0.5, 0.6) is 0 Å². The minimum absolute atomic E-state index is 0.446. The van der Waals surface area contributed by atoms with Crippen LogP contribution in [-0.4, -0.2) is 11.7 Å².